The first-order valence-corrected chi connectivity index (χ1v) is 8.07. The predicted molar refractivity (Wildman–Crippen MR) is 84.3 cm³/mol. The molecule has 2 rings (SSSR count). The molecule has 4 nitrogen and oxygen atoms in total. The van der Waals surface area contributed by atoms with Crippen LogP contribution in [-0.2, 0) is 5.60 Å². The number of urea groups is 1. The standard InChI is InChI=1S/C17H23F3N2O2/c1-16(24,12-6-3-2-4-7-12)11-21-15(23)22-14-9-5-8-13(10-14)17(18,19)20/h2-4,6-7,13-14,24H,5,8-11H2,1H3,(H2,21,22,23)/t13-,14-,16-/m0/s1. The van der Waals surface area contributed by atoms with E-state index in [1.807, 2.05) is 6.07 Å². The number of carbonyl (C=O) groups is 1. The average Bonchev–Trinajstić information content (AvgIpc) is 2.53. The molecule has 3 N–H and O–H groups in total. The van der Waals surface area contributed by atoms with Crippen LogP contribution in [0.1, 0.15) is 38.2 Å². The summed E-state index contributed by atoms with van der Waals surface area (Å²) in [6.07, 6.45) is -3.21. The molecular weight excluding hydrogens is 321 g/mol. The van der Waals surface area contributed by atoms with Gasteiger partial charge in [-0.3, -0.25) is 0 Å². The molecule has 0 aliphatic heterocycles. The second-order valence-electron chi connectivity index (χ2n) is 6.57. The fraction of sp³-hybridized carbons (Fsp3) is 0.588. The molecule has 0 spiro atoms. The Morgan fingerprint density at radius 3 is 2.54 bits per heavy atom. The number of aliphatic hydroxyl groups is 1. The average molecular weight is 344 g/mol. The van der Waals surface area contributed by atoms with Gasteiger partial charge in [-0.1, -0.05) is 36.8 Å². The molecule has 0 unspecified atom stereocenters. The highest BCUT2D eigenvalue weighted by molar-refractivity contribution is 5.74. The van der Waals surface area contributed by atoms with Crippen LogP contribution < -0.4 is 10.6 Å². The van der Waals surface area contributed by atoms with E-state index in [0.29, 0.717) is 18.4 Å². The van der Waals surface area contributed by atoms with Crippen LogP contribution in [0.3, 0.4) is 0 Å². The van der Waals surface area contributed by atoms with Crippen molar-refractivity contribution >= 4 is 6.03 Å². The summed E-state index contributed by atoms with van der Waals surface area (Å²) in [4.78, 5) is 11.9. The maximum absolute atomic E-state index is 12.8. The van der Waals surface area contributed by atoms with Gasteiger partial charge in [0.1, 0.15) is 5.60 Å². The first-order valence-electron chi connectivity index (χ1n) is 8.07. The Morgan fingerprint density at radius 2 is 1.92 bits per heavy atom. The number of carbonyl (C=O) groups excluding carboxylic acids is 1. The Hall–Kier alpha value is -1.76. The van der Waals surface area contributed by atoms with Crippen LogP contribution in [0.25, 0.3) is 0 Å². The number of hydrogen-bond donors (Lipinski definition) is 3. The number of alkyl halides is 3. The number of hydrogen-bond acceptors (Lipinski definition) is 2. The molecule has 1 fully saturated rings. The van der Waals surface area contributed by atoms with Crippen LogP contribution in [0.4, 0.5) is 18.0 Å². The minimum absolute atomic E-state index is 0.0295. The van der Waals surface area contributed by atoms with Gasteiger partial charge in [-0.25, -0.2) is 4.79 Å². The maximum atomic E-state index is 12.8. The largest absolute Gasteiger partial charge is 0.391 e. The van der Waals surface area contributed by atoms with Gasteiger partial charge < -0.3 is 15.7 Å². The molecule has 2 amide bonds. The summed E-state index contributed by atoms with van der Waals surface area (Å²) in [5.74, 6) is -1.36. The lowest BCUT2D eigenvalue weighted by molar-refractivity contribution is -0.183. The molecule has 7 heteroatoms. The monoisotopic (exact) mass is 344 g/mol. The second kappa shape index (κ2) is 7.42. The topological polar surface area (TPSA) is 61.4 Å². The molecule has 0 heterocycles. The first kappa shape index (κ1) is 18.6. The van der Waals surface area contributed by atoms with Crippen molar-refractivity contribution in [1.82, 2.24) is 10.6 Å². The summed E-state index contributed by atoms with van der Waals surface area (Å²) in [5, 5.41) is 15.5. The Bertz CT molecular complexity index is 547. The van der Waals surface area contributed by atoms with Crippen molar-refractivity contribution in [3.05, 3.63) is 35.9 Å². The Morgan fingerprint density at radius 1 is 1.25 bits per heavy atom. The Kier molecular flexibility index (Phi) is 5.74. The van der Waals surface area contributed by atoms with Crippen molar-refractivity contribution in [2.45, 2.75) is 50.4 Å². The van der Waals surface area contributed by atoms with Crippen LogP contribution in [0.5, 0.6) is 0 Å². The fourth-order valence-electron chi connectivity index (χ4n) is 3.01. The zero-order valence-corrected chi connectivity index (χ0v) is 13.6. The van der Waals surface area contributed by atoms with Crippen molar-refractivity contribution in [3.63, 3.8) is 0 Å². The summed E-state index contributed by atoms with van der Waals surface area (Å²) in [6.45, 7) is 1.54. The van der Waals surface area contributed by atoms with Gasteiger partial charge in [0.25, 0.3) is 0 Å². The highest BCUT2D eigenvalue weighted by Crippen LogP contribution is 2.37. The van der Waals surface area contributed by atoms with E-state index in [2.05, 4.69) is 10.6 Å². The summed E-state index contributed by atoms with van der Waals surface area (Å²) < 4.78 is 38.3. The number of benzene rings is 1. The normalized spacial score (nSPS) is 24.0. The lowest BCUT2D eigenvalue weighted by Crippen LogP contribution is -2.48. The zero-order chi connectivity index (χ0) is 17.8. The van der Waals surface area contributed by atoms with Gasteiger partial charge in [0, 0.05) is 6.04 Å². The summed E-state index contributed by atoms with van der Waals surface area (Å²) >= 11 is 0. The molecular formula is C17H23F3N2O2. The van der Waals surface area contributed by atoms with Crippen molar-refractivity contribution in [2.24, 2.45) is 5.92 Å². The van der Waals surface area contributed by atoms with E-state index in [0.717, 1.165) is 0 Å². The summed E-state index contributed by atoms with van der Waals surface area (Å²) in [7, 11) is 0. The SMILES string of the molecule is C[C@](O)(CNC(=O)N[C@H]1CCC[C@H](C(F)(F)F)C1)c1ccccc1. The Labute approximate surface area is 139 Å². The fourth-order valence-corrected chi connectivity index (χ4v) is 3.01. The quantitative estimate of drug-likeness (QED) is 0.785. The highest BCUT2D eigenvalue weighted by Gasteiger charge is 2.42. The first-order chi connectivity index (χ1) is 11.2. The molecule has 1 aromatic rings. The molecule has 0 aromatic heterocycles. The molecule has 1 aliphatic carbocycles. The van der Waals surface area contributed by atoms with Gasteiger partial charge in [-0.2, -0.15) is 13.2 Å². The Balaban J connectivity index is 1.83. The van der Waals surface area contributed by atoms with E-state index in [1.54, 1.807) is 31.2 Å². The van der Waals surface area contributed by atoms with Crippen molar-refractivity contribution in [1.29, 1.82) is 0 Å². The van der Waals surface area contributed by atoms with Crippen LogP contribution in [-0.4, -0.2) is 29.9 Å². The van der Waals surface area contributed by atoms with Gasteiger partial charge in [0.15, 0.2) is 0 Å². The minimum atomic E-state index is -4.21. The molecule has 134 valence electrons. The number of rotatable bonds is 4. The van der Waals surface area contributed by atoms with E-state index in [1.165, 1.54) is 0 Å². The molecule has 0 radical (unpaired) electrons. The van der Waals surface area contributed by atoms with Gasteiger partial charge in [-0.15, -0.1) is 0 Å². The second-order valence-corrected chi connectivity index (χ2v) is 6.57. The smallest absolute Gasteiger partial charge is 0.384 e. The third-order valence-electron chi connectivity index (χ3n) is 4.46. The maximum Gasteiger partial charge on any atom is 0.391 e. The summed E-state index contributed by atoms with van der Waals surface area (Å²) in [5.41, 5.74) is -0.597. The van der Waals surface area contributed by atoms with Gasteiger partial charge in [0.05, 0.1) is 12.5 Å². The highest BCUT2D eigenvalue weighted by atomic mass is 19.4. The van der Waals surface area contributed by atoms with Crippen LogP contribution in [0, 0.1) is 5.92 Å². The molecule has 24 heavy (non-hydrogen) atoms. The molecule has 1 saturated carbocycles. The number of nitrogens with one attached hydrogen (secondary N) is 2. The number of halogens is 3. The van der Waals surface area contributed by atoms with Crippen LogP contribution in [0.2, 0.25) is 0 Å². The number of amides is 2. The molecule has 0 bridgehead atoms. The van der Waals surface area contributed by atoms with Crippen LogP contribution >= 0.6 is 0 Å². The van der Waals surface area contributed by atoms with E-state index in [-0.39, 0.29) is 19.4 Å². The van der Waals surface area contributed by atoms with Crippen LogP contribution in [0.15, 0.2) is 30.3 Å². The summed E-state index contributed by atoms with van der Waals surface area (Å²) in [6, 6.07) is 7.82. The molecule has 0 saturated heterocycles. The van der Waals surface area contributed by atoms with Crippen molar-refractivity contribution < 1.29 is 23.1 Å². The van der Waals surface area contributed by atoms with E-state index < -0.39 is 29.8 Å². The molecule has 1 aromatic carbocycles. The van der Waals surface area contributed by atoms with Crippen molar-refractivity contribution in [2.75, 3.05) is 6.54 Å². The van der Waals surface area contributed by atoms with Crippen molar-refractivity contribution in [3.8, 4) is 0 Å². The lowest BCUT2D eigenvalue weighted by atomic mass is 9.85. The van der Waals surface area contributed by atoms with E-state index in [4.69, 9.17) is 0 Å². The minimum Gasteiger partial charge on any atom is -0.384 e. The third kappa shape index (κ3) is 5.12. The third-order valence-corrected chi connectivity index (χ3v) is 4.46. The van der Waals surface area contributed by atoms with Gasteiger partial charge >= 0.3 is 12.2 Å². The van der Waals surface area contributed by atoms with E-state index in [9.17, 15) is 23.1 Å². The molecule has 3 atom stereocenters. The van der Waals surface area contributed by atoms with E-state index >= 15 is 0 Å². The van der Waals surface area contributed by atoms with Gasteiger partial charge in [-0.05, 0) is 31.7 Å². The zero-order valence-electron chi connectivity index (χ0n) is 13.6. The molecule has 1 aliphatic rings. The van der Waals surface area contributed by atoms with Gasteiger partial charge in [0.2, 0.25) is 0 Å². The lowest BCUT2D eigenvalue weighted by Gasteiger charge is -2.31. The predicted octanol–water partition coefficient (Wildman–Crippen LogP) is 3.31.